The maximum absolute atomic E-state index is 13.2. The van der Waals surface area contributed by atoms with Crippen molar-refractivity contribution in [3.05, 3.63) is 11.8 Å². The monoisotopic (exact) mass is 375 g/mol. The van der Waals surface area contributed by atoms with Crippen molar-refractivity contribution in [2.24, 2.45) is 11.8 Å². The van der Waals surface area contributed by atoms with E-state index in [2.05, 4.69) is 27.5 Å². The number of anilines is 2. The quantitative estimate of drug-likeness (QED) is 0.783. The van der Waals surface area contributed by atoms with Gasteiger partial charge in [0.2, 0.25) is 5.95 Å². The lowest BCUT2D eigenvalue weighted by Gasteiger charge is -2.32. The van der Waals surface area contributed by atoms with E-state index in [0.717, 1.165) is 18.9 Å². The summed E-state index contributed by atoms with van der Waals surface area (Å²) in [7, 11) is 0. The smallest absolute Gasteiger partial charge is 0.362 e. The van der Waals surface area contributed by atoms with Crippen molar-refractivity contribution in [2.75, 3.05) is 29.9 Å². The van der Waals surface area contributed by atoms with Gasteiger partial charge in [0, 0.05) is 25.7 Å². The number of thiocarbonyl (C=S) groups is 1. The van der Waals surface area contributed by atoms with Gasteiger partial charge in [0.05, 0.1) is 0 Å². The van der Waals surface area contributed by atoms with Crippen molar-refractivity contribution >= 4 is 29.1 Å². The molecule has 1 aromatic rings. The Hall–Kier alpha value is -1.64. The van der Waals surface area contributed by atoms with Crippen LogP contribution in [0.4, 0.5) is 24.9 Å². The molecule has 9 heteroatoms. The topological polar surface area (TPSA) is 53.1 Å². The highest BCUT2D eigenvalue weighted by Crippen LogP contribution is 2.31. The van der Waals surface area contributed by atoms with E-state index in [1.165, 1.54) is 0 Å². The fourth-order valence-electron chi connectivity index (χ4n) is 2.64. The molecule has 1 saturated heterocycles. The number of halogens is 3. The Morgan fingerprint density at radius 1 is 1.40 bits per heavy atom. The van der Waals surface area contributed by atoms with E-state index in [9.17, 15) is 13.2 Å². The van der Waals surface area contributed by atoms with Gasteiger partial charge < -0.3 is 15.5 Å². The summed E-state index contributed by atoms with van der Waals surface area (Å²) in [6.07, 6.45) is -2.53. The minimum absolute atomic E-state index is 0.135. The molecule has 0 spiro atoms. The minimum atomic E-state index is -4.54. The number of alkyl halides is 3. The van der Waals surface area contributed by atoms with Gasteiger partial charge in [-0.05, 0) is 36.9 Å². The van der Waals surface area contributed by atoms with Crippen molar-refractivity contribution < 1.29 is 13.2 Å². The molecular formula is C16H24F3N5S. The Balaban J connectivity index is 2.23. The molecule has 1 aliphatic heterocycles. The van der Waals surface area contributed by atoms with Crippen LogP contribution in [0, 0.1) is 11.8 Å². The second-order valence-electron chi connectivity index (χ2n) is 6.86. The third kappa shape index (κ3) is 5.98. The molecule has 5 nitrogen and oxygen atoms in total. The highest BCUT2D eigenvalue weighted by Gasteiger charge is 2.34. The number of nitrogens with one attached hydrogen (secondary N) is 2. The van der Waals surface area contributed by atoms with E-state index in [0.29, 0.717) is 31.5 Å². The first-order valence-corrected chi connectivity index (χ1v) is 8.82. The molecule has 1 aliphatic rings. The number of aromatic nitrogens is 2. The van der Waals surface area contributed by atoms with Gasteiger partial charge >= 0.3 is 6.18 Å². The van der Waals surface area contributed by atoms with Gasteiger partial charge in [-0.15, -0.1) is 0 Å². The molecule has 0 amide bonds. The Morgan fingerprint density at radius 3 is 2.72 bits per heavy atom. The highest BCUT2D eigenvalue weighted by atomic mass is 32.1. The maximum Gasteiger partial charge on any atom is 0.433 e. The summed E-state index contributed by atoms with van der Waals surface area (Å²) in [5.74, 6) is 0.920. The average Bonchev–Trinajstić information content (AvgIpc) is 2.52. The molecule has 1 fully saturated rings. The van der Waals surface area contributed by atoms with Crippen LogP contribution in [-0.4, -0.2) is 34.7 Å². The van der Waals surface area contributed by atoms with Gasteiger partial charge in [0.15, 0.2) is 10.8 Å². The third-order valence-corrected chi connectivity index (χ3v) is 4.13. The van der Waals surface area contributed by atoms with Crippen molar-refractivity contribution in [1.29, 1.82) is 0 Å². The molecule has 2 rings (SSSR count). The Bertz CT molecular complexity index is 606. The number of nitrogens with zero attached hydrogens (tertiary/aromatic N) is 3. The summed E-state index contributed by atoms with van der Waals surface area (Å²) < 4.78 is 39.6. The molecule has 1 atom stereocenters. The number of hydrogen-bond donors (Lipinski definition) is 2. The predicted octanol–water partition coefficient (Wildman–Crippen LogP) is 3.67. The van der Waals surface area contributed by atoms with E-state index >= 15 is 0 Å². The van der Waals surface area contributed by atoms with Crippen LogP contribution >= 0.6 is 12.2 Å². The second-order valence-corrected chi connectivity index (χ2v) is 7.26. The van der Waals surface area contributed by atoms with Crippen LogP contribution < -0.4 is 15.5 Å². The summed E-state index contributed by atoms with van der Waals surface area (Å²) >= 11 is 5.11. The Kier molecular flexibility index (Phi) is 6.42. The van der Waals surface area contributed by atoms with Crippen molar-refractivity contribution in [3.8, 4) is 0 Å². The van der Waals surface area contributed by atoms with Crippen molar-refractivity contribution in [2.45, 2.75) is 39.8 Å². The molecule has 0 bridgehead atoms. The summed E-state index contributed by atoms with van der Waals surface area (Å²) in [4.78, 5) is 9.71. The maximum atomic E-state index is 13.2. The molecule has 0 saturated carbocycles. The van der Waals surface area contributed by atoms with Crippen LogP contribution in [0.5, 0.6) is 0 Å². The second kappa shape index (κ2) is 8.16. The molecule has 25 heavy (non-hydrogen) atoms. The van der Waals surface area contributed by atoms with Gasteiger partial charge in [-0.25, -0.2) is 4.98 Å². The molecule has 0 aliphatic carbocycles. The normalized spacial score (nSPS) is 18.4. The largest absolute Gasteiger partial charge is 0.433 e. The lowest BCUT2D eigenvalue weighted by atomic mass is 10.0. The third-order valence-electron chi connectivity index (χ3n) is 3.88. The van der Waals surface area contributed by atoms with E-state index in [1.807, 2.05) is 18.7 Å². The van der Waals surface area contributed by atoms with Crippen LogP contribution in [0.2, 0.25) is 0 Å². The zero-order chi connectivity index (χ0) is 18.6. The van der Waals surface area contributed by atoms with Crippen LogP contribution in [0.15, 0.2) is 6.07 Å². The van der Waals surface area contributed by atoms with E-state index in [-0.39, 0.29) is 16.9 Å². The van der Waals surface area contributed by atoms with Crippen LogP contribution in [0.1, 0.15) is 39.3 Å². The SMILES string of the molecule is CC(C)CNC(=S)Nc1nc(N2CCC[C@H](C)C2)cc(C(F)(F)F)n1. The highest BCUT2D eigenvalue weighted by molar-refractivity contribution is 7.80. The molecule has 0 aromatic carbocycles. The van der Waals surface area contributed by atoms with Gasteiger partial charge in [-0.3, -0.25) is 0 Å². The van der Waals surface area contributed by atoms with Crippen LogP contribution in [0.3, 0.4) is 0 Å². The first-order valence-electron chi connectivity index (χ1n) is 8.41. The standard InChI is InChI=1S/C16H24F3N5S/c1-10(2)8-20-15(25)23-14-21-12(16(17,18)19)7-13(22-14)24-6-4-5-11(3)9-24/h7,10-11H,4-6,8-9H2,1-3H3,(H2,20,21,22,23,25)/t11-/m0/s1. The number of hydrogen-bond acceptors (Lipinski definition) is 4. The van der Waals surface area contributed by atoms with E-state index < -0.39 is 11.9 Å². The van der Waals surface area contributed by atoms with E-state index in [4.69, 9.17) is 12.2 Å². The number of rotatable bonds is 4. The molecule has 2 heterocycles. The zero-order valence-electron chi connectivity index (χ0n) is 14.7. The summed E-state index contributed by atoms with van der Waals surface area (Å²) in [6, 6.07) is 1.01. The Labute approximate surface area is 151 Å². The van der Waals surface area contributed by atoms with Crippen molar-refractivity contribution in [3.63, 3.8) is 0 Å². The van der Waals surface area contributed by atoms with Gasteiger partial charge in [0.1, 0.15) is 5.82 Å². The van der Waals surface area contributed by atoms with Crippen molar-refractivity contribution in [1.82, 2.24) is 15.3 Å². The summed E-state index contributed by atoms with van der Waals surface area (Å²) in [5.41, 5.74) is -0.968. The molecule has 0 radical (unpaired) electrons. The molecule has 2 N–H and O–H groups in total. The average molecular weight is 375 g/mol. The molecule has 0 unspecified atom stereocenters. The summed E-state index contributed by atoms with van der Waals surface area (Å²) in [5, 5.41) is 5.83. The number of piperidine rings is 1. The first-order chi connectivity index (χ1) is 11.6. The Morgan fingerprint density at radius 2 is 2.12 bits per heavy atom. The molecule has 140 valence electrons. The minimum Gasteiger partial charge on any atom is -0.362 e. The first kappa shape index (κ1) is 19.7. The van der Waals surface area contributed by atoms with Gasteiger partial charge in [-0.2, -0.15) is 18.2 Å². The van der Waals surface area contributed by atoms with E-state index in [1.54, 1.807) is 0 Å². The zero-order valence-corrected chi connectivity index (χ0v) is 15.5. The fourth-order valence-corrected chi connectivity index (χ4v) is 2.81. The lowest BCUT2D eigenvalue weighted by molar-refractivity contribution is -0.141. The van der Waals surface area contributed by atoms with Crippen LogP contribution in [0.25, 0.3) is 0 Å². The predicted molar refractivity (Wildman–Crippen MR) is 96.7 cm³/mol. The summed E-state index contributed by atoms with van der Waals surface area (Å²) in [6.45, 7) is 8.08. The lowest BCUT2D eigenvalue weighted by Crippen LogP contribution is -2.36. The van der Waals surface area contributed by atoms with Crippen LogP contribution in [-0.2, 0) is 6.18 Å². The van der Waals surface area contributed by atoms with Gasteiger partial charge in [0.25, 0.3) is 0 Å². The fraction of sp³-hybridized carbons (Fsp3) is 0.688. The molecular weight excluding hydrogens is 351 g/mol. The van der Waals surface area contributed by atoms with Gasteiger partial charge in [-0.1, -0.05) is 20.8 Å². The molecule has 1 aromatic heterocycles.